The van der Waals surface area contributed by atoms with Crippen molar-refractivity contribution in [1.82, 2.24) is 9.80 Å². The molecule has 0 aliphatic carbocycles. The Labute approximate surface area is 149 Å². The Morgan fingerprint density at radius 3 is 2.30 bits per heavy atom. The van der Waals surface area contributed by atoms with Gasteiger partial charge in [0.05, 0.1) is 6.54 Å². The van der Waals surface area contributed by atoms with Crippen molar-refractivity contribution in [2.24, 2.45) is 5.73 Å². The molecule has 4 nitrogen and oxygen atoms in total. The van der Waals surface area contributed by atoms with Gasteiger partial charge in [-0.05, 0) is 16.3 Å². The largest absolute Gasteiger partial charge is 0.339 e. The standard InChI is InChI=1S/C17H21N3O.2ClH/c18-12-17(21)20-10-8-19(9-11-20)13-15-6-3-5-14-4-1-2-7-16(14)15;;/h1-7H,8-13,18H2;2*1H. The van der Waals surface area contributed by atoms with Crippen LogP contribution < -0.4 is 5.73 Å². The molecule has 3 rings (SSSR count). The SMILES string of the molecule is Cl.Cl.NCC(=O)N1CCN(Cc2cccc3ccccc23)CC1. The Kier molecular flexibility index (Phi) is 7.79. The fourth-order valence-corrected chi connectivity index (χ4v) is 2.96. The van der Waals surface area contributed by atoms with E-state index < -0.39 is 0 Å². The zero-order chi connectivity index (χ0) is 14.7. The molecule has 126 valence electrons. The van der Waals surface area contributed by atoms with Crippen molar-refractivity contribution in [3.05, 3.63) is 48.0 Å². The highest BCUT2D eigenvalue weighted by Gasteiger charge is 2.20. The van der Waals surface area contributed by atoms with Crippen LogP contribution in [0.15, 0.2) is 42.5 Å². The van der Waals surface area contributed by atoms with Crippen LogP contribution >= 0.6 is 24.8 Å². The average Bonchev–Trinajstić information content (AvgIpc) is 2.55. The van der Waals surface area contributed by atoms with Gasteiger partial charge < -0.3 is 10.6 Å². The lowest BCUT2D eigenvalue weighted by molar-refractivity contribution is -0.131. The Hall–Kier alpha value is -1.33. The maximum absolute atomic E-state index is 11.6. The van der Waals surface area contributed by atoms with Gasteiger partial charge in [-0.25, -0.2) is 0 Å². The van der Waals surface area contributed by atoms with E-state index in [0.29, 0.717) is 0 Å². The summed E-state index contributed by atoms with van der Waals surface area (Å²) < 4.78 is 0. The summed E-state index contributed by atoms with van der Waals surface area (Å²) in [4.78, 5) is 15.9. The molecule has 0 bridgehead atoms. The number of benzene rings is 2. The van der Waals surface area contributed by atoms with Gasteiger partial charge >= 0.3 is 0 Å². The molecule has 2 N–H and O–H groups in total. The molecule has 0 atom stereocenters. The van der Waals surface area contributed by atoms with Gasteiger partial charge in [-0.1, -0.05) is 42.5 Å². The van der Waals surface area contributed by atoms with Crippen molar-refractivity contribution in [2.75, 3.05) is 32.7 Å². The summed E-state index contributed by atoms with van der Waals surface area (Å²) in [5, 5.41) is 2.60. The Morgan fingerprint density at radius 2 is 1.61 bits per heavy atom. The molecule has 0 radical (unpaired) electrons. The number of hydrogen-bond donors (Lipinski definition) is 1. The number of piperazine rings is 1. The van der Waals surface area contributed by atoms with Gasteiger partial charge in [0.15, 0.2) is 0 Å². The minimum Gasteiger partial charge on any atom is -0.339 e. The summed E-state index contributed by atoms with van der Waals surface area (Å²) in [6, 6.07) is 14.9. The topological polar surface area (TPSA) is 49.6 Å². The van der Waals surface area contributed by atoms with Crippen molar-refractivity contribution in [2.45, 2.75) is 6.54 Å². The molecule has 6 heteroatoms. The van der Waals surface area contributed by atoms with E-state index in [1.807, 2.05) is 4.90 Å². The summed E-state index contributed by atoms with van der Waals surface area (Å²) in [6.07, 6.45) is 0. The first-order valence-corrected chi connectivity index (χ1v) is 7.45. The van der Waals surface area contributed by atoms with Crippen LogP contribution in [0.4, 0.5) is 0 Å². The van der Waals surface area contributed by atoms with Gasteiger partial charge in [0.25, 0.3) is 0 Å². The van der Waals surface area contributed by atoms with Gasteiger partial charge in [0.2, 0.25) is 5.91 Å². The number of fused-ring (bicyclic) bond motifs is 1. The monoisotopic (exact) mass is 355 g/mol. The number of halogens is 2. The van der Waals surface area contributed by atoms with Crippen molar-refractivity contribution in [3.8, 4) is 0 Å². The number of rotatable bonds is 3. The molecule has 1 fully saturated rings. The molecular formula is C17H23Cl2N3O. The Morgan fingerprint density at radius 1 is 0.957 bits per heavy atom. The minimum absolute atomic E-state index is 0. The lowest BCUT2D eigenvalue weighted by Gasteiger charge is -2.34. The number of carbonyl (C=O) groups excluding carboxylic acids is 1. The summed E-state index contributed by atoms with van der Waals surface area (Å²) in [5.41, 5.74) is 6.77. The van der Waals surface area contributed by atoms with Crippen LogP contribution in [0.2, 0.25) is 0 Å². The van der Waals surface area contributed by atoms with Crippen LogP contribution in [0, 0.1) is 0 Å². The predicted octanol–water partition coefficient (Wildman–Crippen LogP) is 2.29. The first kappa shape index (κ1) is 19.7. The molecule has 1 aliphatic rings. The molecule has 23 heavy (non-hydrogen) atoms. The van der Waals surface area contributed by atoms with E-state index in [2.05, 4.69) is 47.4 Å². The molecule has 1 aliphatic heterocycles. The van der Waals surface area contributed by atoms with Crippen LogP contribution in [0.3, 0.4) is 0 Å². The molecule has 1 saturated heterocycles. The Balaban J connectivity index is 0.00000132. The van der Waals surface area contributed by atoms with Crippen LogP contribution in [-0.2, 0) is 11.3 Å². The summed E-state index contributed by atoms with van der Waals surface area (Å²) in [6.45, 7) is 4.43. The first-order valence-electron chi connectivity index (χ1n) is 7.45. The van der Waals surface area contributed by atoms with E-state index in [1.165, 1.54) is 16.3 Å². The van der Waals surface area contributed by atoms with Gasteiger partial charge in [0.1, 0.15) is 0 Å². The van der Waals surface area contributed by atoms with E-state index in [4.69, 9.17) is 5.73 Å². The number of hydrogen-bond acceptors (Lipinski definition) is 3. The third kappa shape index (κ3) is 4.58. The lowest BCUT2D eigenvalue weighted by Crippen LogP contribution is -2.49. The van der Waals surface area contributed by atoms with E-state index in [1.54, 1.807) is 0 Å². The third-order valence-electron chi connectivity index (χ3n) is 4.17. The number of amides is 1. The van der Waals surface area contributed by atoms with Gasteiger partial charge in [-0.15, -0.1) is 24.8 Å². The number of nitrogens with two attached hydrogens (primary N) is 1. The maximum atomic E-state index is 11.6. The van der Waals surface area contributed by atoms with E-state index in [-0.39, 0.29) is 37.3 Å². The molecule has 0 spiro atoms. The van der Waals surface area contributed by atoms with Crippen LogP contribution in [0.25, 0.3) is 10.8 Å². The summed E-state index contributed by atoms with van der Waals surface area (Å²) in [7, 11) is 0. The zero-order valence-electron chi connectivity index (χ0n) is 13.0. The van der Waals surface area contributed by atoms with Crippen molar-refractivity contribution in [3.63, 3.8) is 0 Å². The number of carbonyl (C=O) groups is 1. The van der Waals surface area contributed by atoms with Crippen LogP contribution in [0.1, 0.15) is 5.56 Å². The fourth-order valence-electron chi connectivity index (χ4n) is 2.96. The highest BCUT2D eigenvalue weighted by atomic mass is 35.5. The normalized spacial score (nSPS) is 14.9. The van der Waals surface area contributed by atoms with Crippen molar-refractivity contribution < 1.29 is 4.79 Å². The highest BCUT2D eigenvalue weighted by Crippen LogP contribution is 2.20. The fraction of sp³-hybridized carbons (Fsp3) is 0.353. The summed E-state index contributed by atoms with van der Waals surface area (Å²) >= 11 is 0. The van der Waals surface area contributed by atoms with Gasteiger partial charge in [-0.2, -0.15) is 0 Å². The number of nitrogens with zero attached hydrogens (tertiary/aromatic N) is 2. The van der Waals surface area contributed by atoms with Gasteiger partial charge in [0, 0.05) is 32.7 Å². The zero-order valence-corrected chi connectivity index (χ0v) is 14.6. The van der Waals surface area contributed by atoms with E-state index in [9.17, 15) is 4.79 Å². The second kappa shape index (κ2) is 9.08. The second-order valence-corrected chi connectivity index (χ2v) is 5.50. The molecule has 1 amide bonds. The predicted molar refractivity (Wildman–Crippen MR) is 99.4 cm³/mol. The molecule has 2 aromatic rings. The quantitative estimate of drug-likeness (QED) is 0.918. The molecular weight excluding hydrogens is 333 g/mol. The molecule has 1 heterocycles. The maximum Gasteiger partial charge on any atom is 0.236 e. The molecule has 0 saturated carbocycles. The lowest BCUT2D eigenvalue weighted by atomic mass is 10.0. The van der Waals surface area contributed by atoms with Crippen molar-refractivity contribution in [1.29, 1.82) is 0 Å². The summed E-state index contributed by atoms with van der Waals surface area (Å²) in [5.74, 6) is 0.0554. The van der Waals surface area contributed by atoms with E-state index in [0.717, 1.165) is 32.7 Å². The highest BCUT2D eigenvalue weighted by molar-refractivity contribution is 5.86. The minimum atomic E-state index is 0. The van der Waals surface area contributed by atoms with Crippen LogP contribution in [-0.4, -0.2) is 48.4 Å². The van der Waals surface area contributed by atoms with Crippen molar-refractivity contribution >= 4 is 41.5 Å². The second-order valence-electron chi connectivity index (χ2n) is 5.50. The average molecular weight is 356 g/mol. The van der Waals surface area contributed by atoms with Crippen LogP contribution in [0.5, 0.6) is 0 Å². The first-order chi connectivity index (χ1) is 10.3. The molecule has 0 aromatic heterocycles. The van der Waals surface area contributed by atoms with Gasteiger partial charge in [-0.3, -0.25) is 9.69 Å². The van der Waals surface area contributed by atoms with E-state index >= 15 is 0 Å². The molecule has 2 aromatic carbocycles. The molecule has 0 unspecified atom stereocenters. The Bertz CT molecular complexity index is 637. The third-order valence-corrected chi connectivity index (χ3v) is 4.17. The smallest absolute Gasteiger partial charge is 0.236 e.